The molecule has 20 heavy (non-hydrogen) atoms. The third-order valence-corrected chi connectivity index (χ3v) is 4.15. The largest absolute Gasteiger partial charge is 0.356 e. The number of hydrogen-bond donors (Lipinski definition) is 2. The van der Waals surface area contributed by atoms with Crippen molar-refractivity contribution in [1.82, 2.24) is 10.3 Å². The SMILES string of the molecule is Clc1ccc(Cl)c(-c2csc(NC3=NCCCN3)n2)c1. The first-order valence-corrected chi connectivity index (χ1v) is 7.82. The minimum Gasteiger partial charge on any atom is -0.356 e. The van der Waals surface area contributed by atoms with Gasteiger partial charge in [-0.1, -0.05) is 23.2 Å². The van der Waals surface area contributed by atoms with Crippen LogP contribution < -0.4 is 10.6 Å². The fourth-order valence-corrected chi connectivity index (χ4v) is 2.96. The van der Waals surface area contributed by atoms with Crippen LogP contribution in [0.5, 0.6) is 0 Å². The number of aliphatic imine (C=N–C) groups is 1. The number of aromatic nitrogens is 1. The summed E-state index contributed by atoms with van der Waals surface area (Å²) in [6.07, 6.45) is 1.06. The summed E-state index contributed by atoms with van der Waals surface area (Å²) in [4.78, 5) is 8.87. The van der Waals surface area contributed by atoms with Gasteiger partial charge >= 0.3 is 0 Å². The average molecular weight is 327 g/mol. The molecule has 0 amide bonds. The maximum atomic E-state index is 6.18. The maximum Gasteiger partial charge on any atom is 0.197 e. The van der Waals surface area contributed by atoms with Crippen molar-refractivity contribution in [1.29, 1.82) is 0 Å². The predicted octanol–water partition coefficient (Wildman–Crippen LogP) is 3.88. The van der Waals surface area contributed by atoms with Gasteiger partial charge in [0.05, 0.1) is 10.7 Å². The maximum absolute atomic E-state index is 6.18. The first kappa shape index (κ1) is 13.7. The third-order valence-electron chi connectivity index (χ3n) is 2.83. The van der Waals surface area contributed by atoms with Crippen molar-refractivity contribution >= 4 is 45.6 Å². The zero-order chi connectivity index (χ0) is 13.9. The standard InChI is InChI=1S/C13H12Cl2N4S/c14-8-2-3-10(15)9(6-8)11-7-20-13(18-11)19-12-16-4-1-5-17-12/h2-3,6-7H,1,4-5H2,(H2,16,17,18,19). The number of halogens is 2. The summed E-state index contributed by atoms with van der Waals surface area (Å²) in [5.41, 5.74) is 1.64. The van der Waals surface area contributed by atoms with Crippen molar-refractivity contribution < 1.29 is 0 Å². The Balaban J connectivity index is 1.82. The minimum atomic E-state index is 0.638. The topological polar surface area (TPSA) is 49.3 Å². The van der Waals surface area contributed by atoms with E-state index in [0.717, 1.165) is 41.9 Å². The molecule has 1 aliphatic heterocycles. The number of benzene rings is 1. The third kappa shape index (κ3) is 3.06. The summed E-state index contributed by atoms with van der Waals surface area (Å²) < 4.78 is 0. The Hall–Kier alpha value is -1.30. The van der Waals surface area contributed by atoms with Crippen molar-refractivity contribution in [2.75, 3.05) is 18.4 Å². The van der Waals surface area contributed by atoms with Crippen LogP contribution in [-0.4, -0.2) is 24.0 Å². The number of nitrogens with one attached hydrogen (secondary N) is 2. The molecule has 7 heteroatoms. The molecular formula is C13H12Cl2N4S. The number of hydrogen-bond acceptors (Lipinski definition) is 5. The summed E-state index contributed by atoms with van der Waals surface area (Å²) in [5, 5.41) is 10.4. The van der Waals surface area contributed by atoms with Gasteiger partial charge in [0.25, 0.3) is 0 Å². The Morgan fingerprint density at radius 2 is 2.20 bits per heavy atom. The second kappa shape index (κ2) is 5.99. The van der Waals surface area contributed by atoms with Crippen LogP contribution in [-0.2, 0) is 0 Å². The highest BCUT2D eigenvalue weighted by molar-refractivity contribution is 7.14. The molecule has 104 valence electrons. The fourth-order valence-electron chi connectivity index (χ4n) is 1.87. The molecule has 4 nitrogen and oxygen atoms in total. The molecule has 0 saturated carbocycles. The van der Waals surface area contributed by atoms with Gasteiger partial charge in [0, 0.05) is 29.1 Å². The van der Waals surface area contributed by atoms with E-state index >= 15 is 0 Å². The molecule has 0 spiro atoms. The average Bonchev–Trinajstić information content (AvgIpc) is 2.91. The molecule has 1 aliphatic rings. The molecule has 3 rings (SSSR count). The smallest absolute Gasteiger partial charge is 0.197 e. The highest BCUT2D eigenvalue weighted by Gasteiger charge is 2.11. The number of nitrogens with zero attached hydrogens (tertiary/aromatic N) is 2. The lowest BCUT2D eigenvalue weighted by atomic mass is 10.2. The zero-order valence-electron chi connectivity index (χ0n) is 10.5. The molecule has 2 N–H and O–H groups in total. The van der Waals surface area contributed by atoms with E-state index in [2.05, 4.69) is 20.6 Å². The Kier molecular flexibility index (Phi) is 4.10. The molecule has 0 aliphatic carbocycles. The van der Waals surface area contributed by atoms with Gasteiger partial charge in [-0.05, 0) is 24.6 Å². The van der Waals surface area contributed by atoms with Crippen molar-refractivity contribution in [3.05, 3.63) is 33.6 Å². The second-order valence-electron chi connectivity index (χ2n) is 4.30. The van der Waals surface area contributed by atoms with E-state index in [-0.39, 0.29) is 0 Å². The van der Waals surface area contributed by atoms with Gasteiger partial charge in [-0.2, -0.15) is 0 Å². The number of rotatable bonds is 2. The fraction of sp³-hybridized carbons (Fsp3) is 0.231. The Labute approximate surface area is 130 Å². The van der Waals surface area contributed by atoms with E-state index in [0.29, 0.717) is 10.0 Å². The van der Waals surface area contributed by atoms with E-state index in [1.165, 1.54) is 11.3 Å². The van der Waals surface area contributed by atoms with Gasteiger partial charge in [-0.3, -0.25) is 4.99 Å². The van der Waals surface area contributed by atoms with Gasteiger partial charge in [0.15, 0.2) is 11.1 Å². The summed E-state index contributed by atoms with van der Waals surface area (Å²) in [6.45, 7) is 1.78. The first-order valence-electron chi connectivity index (χ1n) is 6.19. The van der Waals surface area contributed by atoms with Crippen LogP contribution in [0.3, 0.4) is 0 Å². The number of anilines is 1. The van der Waals surface area contributed by atoms with Gasteiger partial charge in [-0.15, -0.1) is 11.3 Å². The van der Waals surface area contributed by atoms with Crippen LogP contribution in [0.2, 0.25) is 10.0 Å². The molecule has 0 unspecified atom stereocenters. The molecule has 1 aromatic heterocycles. The van der Waals surface area contributed by atoms with Gasteiger partial charge in [0.2, 0.25) is 0 Å². The first-order chi connectivity index (χ1) is 9.72. The summed E-state index contributed by atoms with van der Waals surface area (Å²) >= 11 is 13.7. The lowest BCUT2D eigenvalue weighted by Crippen LogP contribution is -2.35. The molecule has 0 radical (unpaired) electrons. The Bertz CT molecular complexity index is 654. The van der Waals surface area contributed by atoms with Gasteiger partial charge in [0.1, 0.15) is 0 Å². The summed E-state index contributed by atoms with van der Waals surface area (Å²) in [6, 6.07) is 5.36. The Morgan fingerprint density at radius 1 is 1.30 bits per heavy atom. The lowest BCUT2D eigenvalue weighted by Gasteiger charge is -2.14. The highest BCUT2D eigenvalue weighted by atomic mass is 35.5. The normalized spacial score (nSPS) is 14.6. The molecule has 0 atom stereocenters. The van der Waals surface area contributed by atoms with E-state index in [9.17, 15) is 0 Å². The van der Waals surface area contributed by atoms with Crippen LogP contribution in [0.1, 0.15) is 6.42 Å². The highest BCUT2D eigenvalue weighted by Crippen LogP contribution is 2.32. The van der Waals surface area contributed by atoms with Crippen LogP contribution in [0, 0.1) is 0 Å². The monoisotopic (exact) mass is 326 g/mol. The Morgan fingerprint density at radius 3 is 3.00 bits per heavy atom. The summed E-state index contributed by atoms with van der Waals surface area (Å²) in [7, 11) is 0. The quantitative estimate of drug-likeness (QED) is 0.880. The van der Waals surface area contributed by atoms with Crippen molar-refractivity contribution in [2.45, 2.75) is 6.42 Å². The van der Waals surface area contributed by atoms with Crippen molar-refractivity contribution in [3.63, 3.8) is 0 Å². The van der Waals surface area contributed by atoms with Crippen molar-refractivity contribution in [3.8, 4) is 11.3 Å². The molecule has 0 saturated heterocycles. The molecule has 0 fully saturated rings. The van der Waals surface area contributed by atoms with E-state index in [1.54, 1.807) is 12.1 Å². The minimum absolute atomic E-state index is 0.638. The van der Waals surface area contributed by atoms with E-state index < -0.39 is 0 Å². The molecular weight excluding hydrogens is 315 g/mol. The lowest BCUT2D eigenvalue weighted by molar-refractivity contribution is 0.740. The van der Waals surface area contributed by atoms with E-state index in [1.807, 2.05) is 11.4 Å². The molecule has 2 heterocycles. The van der Waals surface area contributed by atoms with Crippen LogP contribution in [0.4, 0.5) is 5.13 Å². The number of thiazole rings is 1. The number of guanidine groups is 1. The second-order valence-corrected chi connectivity index (χ2v) is 6.00. The van der Waals surface area contributed by atoms with E-state index in [4.69, 9.17) is 23.2 Å². The molecule has 2 aromatic rings. The van der Waals surface area contributed by atoms with Gasteiger partial charge in [-0.25, -0.2) is 4.98 Å². The zero-order valence-corrected chi connectivity index (χ0v) is 12.8. The molecule has 0 bridgehead atoms. The molecule has 1 aromatic carbocycles. The van der Waals surface area contributed by atoms with Crippen LogP contribution >= 0.6 is 34.5 Å². The van der Waals surface area contributed by atoms with Crippen LogP contribution in [0.15, 0.2) is 28.6 Å². The predicted molar refractivity (Wildman–Crippen MR) is 86.1 cm³/mol. The summed E-state index contributed by atoms with van der Waals surface area (Å²) in [5.74, 6) is 0.773. The van der Waals surface area contributed by atoms with Crippen molar-refractivity contribution in [2.24, 2.45) is 4.99 Å². The van der Waals surface area contributed by atoms with Crippen LogP contribution in [0.25, 0.3) is 11.3 Å². The van der Waals surface area contributed by atoms with Gasteiger partial charge < -0.3 is 10.6 Å².